The Morgan fingerprint density at radius 3 is 2.73 bits per heavy atom. The Morgan fingerprint density at radius 2 is 2.14 bits per heavy atom. The molecule has 1 fully saturated rings. The van der Waals surface area contributed by atoms with Crippen LogP contribution in [0.5, 0.6) is 0 Å². The summed E-state index contributed by atoms with van der Waals surface area (Å²) in [5.41, 5.74) is 0. The molecule has 0 atom stereocenters. The van der Waals surface area contributed by atoms with Crippen molar-refractivity contribution in [3.63, 3.8) is 0 Å². The summed E-state index contributed by atoms with van der Waals surface area (Å²) in [7, 11) is 1.43. The quantitative estimate of drug-likeness (QED) is 0.225. The van der Waals surface area contributed by atoms with Crippen LogP contribution in [-0.2, 0) is 9.53 Å². The maximum Gasteiger partial charge on any atom is 0.305 e. The van der Waals surface area contributed by atoms with Crippen molar-refractivity contribution >= 4 is 47.7 Å². The number of halogens is 1. The van der Waals surface area contributed by atoms with Gasteiger partial charge in [-0.25, -0.2) is 0 Å². The number of unbranched alkanes of at least 4 members (excludes halogenated alkanes) is 1. The number of methoxy groups -OCH3 is 1. The smallest absolute Gasteiger partial charge is 0.305 e. The summed E-state index contributed by atoms with van der Waals surface area (Å²) in [6.45, 7) is 10.4. The van der Waals surface area contributed by atoms with Gasteiger partial charge in [-0.15, -0.1) is 24.0 Å². The molecule has 0 bridgehead atoms. The van der Waals surface area contributed by atoms with E-state index in [4.69, 9.17) is 4.99 Å². The molecule has 1 saturated heterocycles. The average Bonchev–Trinajstić information content (AvgIpc) is 2.44. The molecular weight excluding hydrogens is 413 g/mol. The summed E-state index contributed by atoms with van der Waals surface area (Å²) in [6.07, 6.45) is 2.23. The number of carbonyl (C=O) groups is 1. The number of hydrogen-bond acceptors (Lipinski definition) is 4. The summed E-state index contributed by atoms with van der Waals surface area (Å²) in [5, 5.41) is 3.38. The second-order valence-corrected chi connectivity index (χ2v) is 7.60. The molecule has 0 unspecified atom stereocenters. The number of aliphatic imine (C=N–C) groups is 1. The molecule has 0 aromatic heterocycles. The normalized spacial score (nSPS) is 17.6. The van der Waals surface area contributed by atoms with Crippen LogP contribution in [0.15, 0.2) is 4.99 Å². The van der Waals surface area contributed by atoms with Crippen LogP contribution >= 0.6 is 35.7 Å². The number of carbonyl (C=O) groups excluding carboxylic acids is 1. The van der Waals surface area contributed by atoms with Crippen molar-refractivity contribution in [3.05, 3.63) is 0 Å². The summed E-state index contributed by atoms with van der Waals surface area (Å²) in [4.78, 5) is 18.1. The first-order chi connectivity index (χ1) is 9.98. The molecule has 0 radical (unpaired) electrons. The van der Waals surface area contributed by atoms with E-state index in [2.05, 4.69) is 35.7 Å². The molecule has 1 aliphatic rings. The maximum absolute atomic E-state index is 11.0. The van der Waals surface area contributed by atoms with E-state index in [0.717, 1.165) is 50.7 Å². The summed E-state index contributed by atoms with van der Waals surface area (Å²) >= 11 is 2.02. The minimum Gasteiger partial charge on any atom is -0.469 e. The number of ether oxygens (including phenoxy) is 1. The lowest BCUT2D eigenvalue weighted by atomic mass is 10.2. The highest BCUT2D eigenvalue weighted by molar-refractivity contribution is 14.0. The molecule has 7 heteroatoms. The van der Waals surface area contributed by atoms with E-state index in [1.807, 2.05) is 11.8 Å². The van der Waals surface area contributed by atoms with Gasteiger partial charge in [-0.3, -0.25) is 9.79 Å². The number of thioether (sulfide) groups is 1. The van der Waals surface area contributed by atoms with Crippen LogP contribution in [0.4, 0.5) is 0 Å². The van der Waals surface area contributed by atoms with Gasteiger partial charge < -0.3 is 15.0 Å². The van der Waals surface area contributed by atoms with Crippen LogP contribution in [0, 0.1) is 0 Å². The monoisotopic (exact) mass is 443 g/mol. The van der Waals surface area contributed by atoms with Gasteiger partial charge in [0.15, 0.2) is 5.96 Å². The summed E-state index contributed by atoms with van der Waals surface area (Å²) < 4.78 is 4.91. The van der Waals surface area contributed by atoms with Crippen molar-refractivity contribution in [2.75, 3.05) is 39.0 Å². The lowest BCUT2D eigenvalue weighted by Crippen LogP contribution is -2.51. The third-order valence-corrected chi connectivity index (χ3v) is 4.64. The number of hydrogen-bond donors (Lipinski definition) is 1. The maximum atomic E-state index is 11.0. The molecule has 1 rings (SSSR count). The highest BCUT2D eigenvalue weighted by atomic mass is 127. The number of esters is 1. The lowest BCUT2D eigenvalue weighted by Gasteiger charge is -2.39. The van der Waals surface area contributed by atoms with Gasteiger partial charge in [-0.1, -0.05) is 0 Å². The Kier molecular flexibility index (Phi) is 11.3. The first kappa shape index (κ1) is 21.8. The molecule has 130 valence electrons. The summed E-state index contributed by atoms with van der Waals surface area (Å²) in [5.74, 6) is 2.00. The van der Waals surface area contributed by atoms with Crippen molar-refractivity contribution < 1.29 is 9.53 Å². The van der Waals surface area contributed by atoms with Crippen LogP contribution in [-0.4, -0.2) is 60.6 Å². The Labute approximate surface area is 156 Å². The molecule has 0 aliphatic carbocycles. The predicted molar refractivity (Wildman–Crippen MR) is 105 cm³/mol. The van der Waals surface area contributed by atoms with Crippen molar-refractivity contribution in [3.8, 4) is 0 Å². The molecule has 1 heterocycles. The molecule has 0 saturated carbocycles. The van der Waals surface area contributed by atoms with Gasteiger partial charge in [0.1, 0.15) is 0 Å². The van der Waals surface area contributed by atoms with E-state index in [1.54, 1.807) is 0 Å². The third kappa shape index (κ3) is 8.45. The minimum atomic E-state index is -0.138. The van der Waals surface area contributed by atoms with E-state index < -0.39 is 0 Å². The minimum absolute atomic E-state index is 0. The first-order valence-corrected chi connectivity index (χ1v) is 8.71. The van der Waals surface area contributed by atoms with Gasteiger partial charge in [-0.05, 0) is 33.6 Å². The highest BCUT2D eigenvalue weighted by Gasteiger charge is 2.28. The number of nitrogens with one attached hydrogen (secondary N) is 1. The number of guanidine groups is 1. The topological polar surface area (TPSA) is 53.9 Å². The van der Waals surface area contributed by atoms with Gasteiger partial charge >= 0.3 is 5.97 Å². The zero-order valence-electron chi connectivity index (χ0n) is 14.2. The third-order valence-electron chi connectivity index (χ3n) is 3.34. The zero-order chi connectivity index (χ0) is 15.7. The van der Waals surface area contributed by atoms with Gasteiger partial charge in [0.2, 0.25) is 0 Å². The first-order valence-electron chi connectivity index (χ1n) is 7.72. The number of nitrogens with zero attached hydrogens (tertiary/aromatic N) is 2. The Hall–Kier alpha value is -0.180. The second-order valence-electron chi connectivity index (χ2n) is 5.80. The fourth-order valence-corrected chi connectivity index (χ4v) is 3.40. The van der Waals surface area contributed by atoms with Crippen LogP contribution in [0.1, 0.15) is 40.0 Å². The van der Waals surface area contributed by atoms with Crippen molar-refractivity contribution in [1.82, 2.24) is 10.2 Å². The van der Waals surface area contributed by atoms with E-state index >= 15 is 0 Å². The SMILES string of the molecule is CCNC(=NCCCCC(=O)OC)N1CCSC(C)(C)C1.I. The van der Waals surface area contributed by atoms with Crippen LogP contribution in [0.3, 0.4) is 0 Å². The average molecular weight is 443 g/mol. The largest absolute Gasteiger partial charge is 0.469 e. The molecule has 22 heavy (non-hydrogen) atoms. The van der Waals surface area contributed by atoms with Crippen molar-refractivity contribution in [1.29, 1.82) is 0 Å². The van der Waals surface area contributed by atoms with Gasteiger partial charge in [-0.2, -0.15) is 11.8 Å². The van der Waals surface area contributed by atoms with Crippen LogP contribution in [0.2, 0.25) is 0 Å². The predicted octanol–water partition coefficient (Wildman–Crippen LogP) is 2.74. The molecule has 0 amide bonds. The van der Waals surface area contributed by atoms with E-state index in [1.165, 1.54) is 7.11 Å². The fourth-order valence-electron chi connectivity index (χ4n) is 2.29. The van der Waals surface area contributed by atoms with Gasteiger partial charge in [0.05, 0.1) is 7.11 Å². The highest BCUT2D eigenvalue weighted by Crippen LogP contribution is 2.29. The van der Waals surface area contributed by atoms with Crippen molar-refractivity contribution in [2.24, 2.45) is 4.99 Å². The molecule has 0 aromatic carbocycles. The molecule has 0 spiro atoms. The Morgan fingerprint density at radius 1 is 1.41 bits per heavy atom. The Balaban J connectivity index is 0.00000441. The van der Waals surface area contributed by atoms with Crippen LogP contribution < -0.4 is 5.32 Å². The fraction of sp³-hybridized carbons (Fsp3) is 0.867. The van der Waals surface area contributed by atoms with Gasteiger partial charge in [0.25, 0.3) is 0 Å². The van der Waals surface area contributed by atoms with E-state index in [-0.39, 0.29) is 34.7 Å². The second kappa shape index (κ2) is 11.4. The molecule has 1 aliphatic heterocycles. The van der Waals surface area contributed by atoms with E-state index in [9.17, 15) is 4.79 Å². The Bertz CT molecular complexity index is 365. The van der Waals surface area contributed by atoms with Gasteiger partial charge in [0, 0.05) is 43.1 Å². The standard InChI is InChI=1S/C15H29N3O2S.HI/c1-5-16-14(17-9-7-6-8-13(19)20-4)18-10-11-21-15(2,3)12-18;/h5-12H2,1-4H3,(H,16,17);1H. The molecule has 5 nitrogen and oxygen atoms in total. The molecular formula is C15H30IN3O2S. The lowest BCUT2D eigenvalue weighted by molar-refractivity contribution is -0.140. The van der Waals surface area contributed by atoms with Crippen LogP contribution in [0.25, 0.3) is 0 Å². The number of rotatable bonds is 6. The van der Waals surface area contributed by atoms with Crippen molar-refractivity contribution in [2.45, 2.75) is 44.8 Å². The summed E-state index contributed by atoms with van der Waals surface area (Å²) in [6, 6.07) is 0. The van der Waals surface area contributed by atoms with E-state index in [0.29, 0.717) is 6.42 Å². The molecule has 0 aromatic rings. The zero-order valence-corrected chi connectivity index (χ0v) is 17.3. The molecule has 1 N–H and O–H groups in total.